The number of rotatable bonds is 8. The van der Waals surface area contributed by atoms with Crippen LogP contribution in [0.15, 0.2) is 74.7 Å². The average Bonchev–Trinajstić information content (AvgIpc) is 2.78. The van der Waals surface area contributed by atoms with E-state index >= 15 is 0 Å². The lowest BCUT2D eigenvalue weighted by molar-refractivity contribution is 0.0952. The van der Waals surface area contributed by atoms with E-state index in [1.54, 1.807) is 31.4 Å². The van der Waals surface area contributed by atoms with Gasteiger partial charge >= 0.3 is 0 Å². The maximum absolute atomic E-state index is 12.5. The zero-order valence-corrected chi connectivity index (χ0v) is 20.1. The first-order chi connectivity index (χ1) is 15.0. The summed E-state index contributed by atoms with van der Waals surface area (Å²) < 4.78 is 18.1. The smallest absolute Gasteiger partial charge is 0.275 e. The van der Waals surface area contributed by atoms with Gasteiger partial charge in [0.1, 0.15) is 12.4 Å². The second-order valence-electron chi connectivity index (χ2n) is 6.35. The Labute approximate surface area is 197 Å². The highest BCUT2D eigenvalue weighted by Gasteiger charge is 2.13. The summed E-state index contributed by atoms with van der Waals surface area (Å²) in [6.45, 7) is 0.410. The molecule has 0 fully saturated rings. The van der Waals surface area contributed by atoms with E-state index in [4.69, 9.17) is 14.2 Å². The van der Waals surface area contributed by atoms with Crippen molar-refractivity contribution in [1.82, 2.24) is 5.43 Å². The van der Waals surface area contributed by atoms with Crippen LogP contribution in [0.1, 0.15) is 21.5 Å². The van der Waals surface area contributed by atoms with Gasteiger partial charge in [0.2, 0.25) is 0 Å². The summed E-state index contributed by atoms with van der Waals surface area (Å²) in [4.78, 5) is 12.5. The minimum absolute atomic E-state index is 0.373. The van der Waals surface area contributed by atoms with Crippen LogP contribution in [0.25, 0.3) is 0 Å². The number of nitrogens with one attached hydrogen (secondary N) is 1. The number of hydrazone groups is 1. The first-order valence-corrected chi connectivity index (χ1v) is 10.8. The number of methoxy groups -OCH3 is 2. The van der Waals surface area contributed by atoms with Crippen molar-refractivity contribution in [2.75, 3.05) is 14.2 Å². The van der Waals surface area contributed by atoms with E-state index in [1.165, 1.54) is 13.3 Å². The van der Waals surface area contributed by atoms with Crippen LogP contribution in [-0.2, 0) is 6.61 Å². The zero-order valence-electron chi connectivity index (χ0n) is 16.9. The quantitative estimate of drug-likeness (QED) is 0.295. The van der Waals surface area contributed by atoms with E-state index in [9.17, 15) is 4.79 Å². The zero-order chi connectivity index (χ0) is 22.2. The van der Waals surface area contributed by atoms with Gasteiger partial charge in [-0.05, 0) is 57.4 Å². The number of carbonyl (C=O) groups is 1. The van der Waals surface area contributed by atoms with Crippen LogP contribution < -0.4 is 19.6 Å². The van der Waals surface area contributed by atoms with Crippen molar-refractivity contribution in [2.24, 2.45) is 5.10 Å². The van der Waals surface area contributed by atoms with Gasteiger partial charge in [-0.15, -0.1) is 0 Å². The highest BCUT2D eigenvalue weighted by Crippen LogP contribution is 2.36. The minimum Gasteiger partial charge on any atom is -0.496 e. The Morgan fingerprint density at radius 2 is 1.74 bits per heavy atom. The third-order valence-corrected chi connectivity index (χ3v) is 5.35. The lowest BCUT2D eigenvalue weighted by Crippen LogP contribution is -2.18. The number of nitrogens with zero attached hydrogens (tertiary/aromatic N) is 1. The van der Waals surface area contributed by atoms with E-state index in [0.29, 0.717) is 33.9 Å². The molecule has 0 radical (unpaired) electrons. The van der Waals surface area contributed by atoms with Gasteiger partial charge in [0.05, 0.1) is 30.5 Å². The Morgan fingerprint density at radius 3 is 2.45 bits per heavy atom. The molecule has 0 aliphatic rings. The van der Waals surface area contributed by atoms with Crippen molar-refractivity contribution in [1.29, 1.82) is 0 Å². The molecule has 3 aromatic rings. The molecule has 3 rings (SSSR count). The molecule has 0 bridgehead atoms. The molecule has 3 aromatic carbocycles. The summed E-state index contributed by atoms with van der Waals surface area (Å²) in [6, 6.07) is 18.6. The van der Waals surface area contributed by atoms with Gasteiger partial charge in [0, 0.05) is 4.47 Å². The fourth-order valence-corrected chi connectivity index (χ4v) is 3.70. The maximum Gasteiger partial charge on any atom is 0.275 e. The van der Waals surface area contributed by atoms with Crippen molar-refractivity contribution in [3.05, 3.63) is 86.3 Å². The number of benzene rings is 3. The van der Waals surface area contributed by atoms with E-state index in [-0.39, 0.29) is 5.91 Å². The van der Waals surface area contributed by atoms with Crippen LogP contribution in [0.3, 0.4) is 0 Å². The van der Waals surface area contributed by atoms with Gasteiger partial charge in [-0.1, -0.05) is 46.3 Å². The largest absolute Gasteiger partial charge is 0.496 e. The Kier molecular flexibility index (Phi) is 8.08. The Hall–Kier alpha value is -2.84. The van der Waals surface area contributed by atoms with Crippen molar-refractivity contribution in [2.45, 2.75) is 6.61 Å². The third kappa shape index (κ3) is 6.08. The van der Waals surface area contributed by atoms with Gasteiger partial charge < -0.3 is 14.2 Å². The monoisotopic (exact) mass is 546 g/mol. The van der Waals surface area contributed by atoms with Gasteiger partial charge in [-0.2, -0.15) is 5.10 Å². The van der Waals surface area contributed by atoms with Gasteiger partial charge in [-0.3, -0.25) is 4.79 Å². The number of amides is 1. The molecule has 0 heterocycles. The number of halogens is 2. The SMILES string of the molecule is COc1ccc(Br)cc1C(=O)N/N=C\c1cc(Br)c(OCc2ccccc2)c(OC)c1. The van der Waals surface area contributed by atoms with E-state index in [2.05, 4.69) is 42.4 Å². The first kappa shape index (κ1) is 22.8. The molecule has 0 unspecified atom stereocenters. The molecule has 8 heteroatoms. The van der Waals surface area contributed by atoms with Gasteiger partial charge in [0.25, 0.3) is 5.91 Å². The Balaban J connectivity index is 1.72. The molecule has 0 saturated heterocycles. The minimum atomic E-state index is -0.386. The van der Waals surface area contributed by atoms with E-state index in [0.717, 1.165) is 15.6 Å². The molecule has 6 nitrogen and oxygen atoms in total. The number of hydrogen-bond donors (Lipinski definition) is 1. The normalized spacial score (nSPS) is 10.7. The van der Waals surface area contributed by atoms with Crippen LogP contribution in [0, 0.1) is 0 Å². The molecular weight excluding hydrogens is 528 g/mol. The van der Waals surface area contributed by atoms with Crippen LogP contribution in [-0.4, -0.2) is 26.3 Å². The fourth-order valence-electron chi connectivity index (χ4n) is 2.77. The maximum atomic E-state index is 12.5. The van der Waals surface area contributed by atoms with E-state index < -0.39 is 0 Å². The molecule has 160 valence electrons. The molecule has 0 spiro atoms. The fraction of sp³-hybridized carbons (Fsp3) is 0.130. The molecule has 1 amide bonds. The topological polar surface area (TPSA) is 69.2 Å². The highest BCUT2D eigenvalue weighted by molar-refractivity contribution is 9.10. The molecule has 0 aliphatic carbocycles. The van der Waals surface area contributed by atoms with Crippen molar-refractivity contribution >= 4 is 44.0 Å². The van der Waals surface area contributed by atoms with Crippen LogP contribution in [0.4, 0.5) is 0 Å². The Bertz CT molecular complexity index is 1090. The Morgan fingerprint density at radius 1 is 1.00 bits per heavy atom. The number of carbonyl (C=O) groups excluding carboxylic acids is 1. The van der Waals surface area contributed by atoms with Crippen LogP contribution in [0.5, 0.6) is 17.2 Å². The van der Waals surface area contributed by atoms with Crippen molar-refractivity contribution in [3.63, 3.8) is 0 Å². The van der Waals surface area contributed by atoms with Crippen LogP contribution >= 0.6 is 31.9 Å². The summed E-state index contributed by atoms with van der Waals surface area (Å²) in [6.07, 6.45) is 1.52. The summed E-state index contributed by atoms with van der Waals surface area (Å²) in [5.74, 6) is 1.21. The molecular formula is C23H20Br2N2O4. The van der Waals surface area contributed by atoms with Crippen molar-refractivity contribution in [3.8, 4) is 17.2 Å². The van der Waals surface area contributed by atoms with Gasteiger partial charge in [-0.25, -0.2) is 5.43 Å². The molecule has 31 heavy (non-hydrogen) atoms. The van der Waals surface area contributed by atoms with Gasteiger partial charge in [0.15, 0.2) is 11.5 Å². The standard InChI is InChI=1S/C23H20Br2N2O4/c1-29-20-9-8-17(24)12-18(20)23(28)27-26-13-16-10-19(25)22(21(11-16)30-2)31-14-15-6-4-3-5-7-15/h3-13H,14H2,1-2H3,(H,27,28)/b26-13-. The predicted octanol–water partition coefficient (Wildman–Crippen LogP) is 5.57. The second kappa shape index (κ2) is 11.0. The lowest BCUT2D eigenvalue weighted by atomic mass is 10.2. The molecule has 0 saturated carbocycles. The molecule has 0 aliphatic heterocycles. The second-order valence-corrected chi connectivity index (χ2v) is 8.12. The summed E-state index contributed by atoms with van der Waals surface area (Å²) in [7, 11) is 3.08. The predicted molar refractivity (Wildman–Crippen MR) is 127 cm³/mol. The summed E-state index contributed by atoms with van der Waals surface area (Å²) >= 11 is 6.87. The molecule has 0 atom stereocenters. The van der Waals surface area contributed by atoms with Crippen LogP contribution in [0.2, 0.25) is 0 Å². The third-order valence-electron chi connectivity index (χ3n) is 4.26. The molecule has 0 aromatic heterocycles. The number of hydrogen-bond acceptors (Lipinski definition) is 5. The highest BCUT2D eigenvalue weighted by atomic mass is 79.9. The lowest BCUT2D eigenvalue weighted by Gasteiger charge is -2.13. The van der Waals surface area contributed by atoms with E-state index in [1.807, 2.05) is 36.4 Å². The number of ether oxygens (including phenoxy) is 3. The molecule has 1 N–H and O–H groups in total. The van der Waals surface area contributed by atoms with Crippen molar-refractivity contribution < 1.29 is 19.0 Å². The summed E-state index contributed by atoms with van der Waals surface area (Å²) in [5, 5.41) is 4.05. The first-order valence-electron chi connectivity index (χ1n) is 9.23. The summed E-state index contributed by atoms with van der Waals surface area (Å²) in [5.41, 5.74) is 4.65. The average molecular weight is 548 g/mol.